The van der Waals surface area contributed by atoms with Crippen LogP contribution in [0.1, 0.15) is 12.1 Å². The molecule has 0 bridgehead atoms. The number of phenolic OH excluding ortho intramolecular Hbond substituents is 1. The van der Waals surface area contributed by atoms with Gasteiger partial charge in [-0.05, 0) is 12.1 Å². The molecule has 2 aromatic rings. The van der Waals surface area contributed by atoms with Gasteiger partial charge in [0.2, 0.25) is 0 Å². The van der Waals surface area contributed by atoms with Gasteiger partial charge in [-0.3, -0.25) is 35.1 Å². The minimum absolute atomic E-state index is 0.177. The van der Waals surface area contributed by atoms with Gasteiger partial charge in [-0.2, -0.15) is 10.2 Å². The lowest BCUT2D eigenvalue weighted by molar-refractivity contribution is -0.870. The Morgan fingerprint density at radius 2 is 1.64 bits per heavy atom. The van der Waals surface area contributed by atoms with E-state index < -0.39 is 37.6 Å². The molecule has 0 aliphatic rings. The highest BCUT2D eigenvalue weighted by atomic mass is 16.6. The summed E-state index contributed by atoms with van der Waals surface area (Å²) >= 11 is 0. The molecule has 1 aromatic carbocycles. The largest absolute Gasteiger partial charge is 0.497 e. The Morgan fingerprint density at radius 1 is 1.06 bits per heavy atom. The zero-order chi connectivity index (χ0) is 25.2. The maximum atomic E-state index is 11.4. The normalized spacial score (nSPS) is 10.5. The number of hydrogen-bond donors (Lipinski definition) is 1. The average molecular weight is 467 g/mol. The summed E-state index contributed by atoms with van der Waals surface area (Å²) in [5, 5.41) is 47.9. The van der Waals surface area contributed by atoms with Crippen LogP contribution in [0.5, 0.6) is 5.75 Å². The van der Waals surface area contributed by atoms with Crippen LogP contribution in [0.3, 0.4) is 0 Å². The Balaban J connectivity index is 0.000000331. The summed E-state index contributed by atoms with van der Waals surface area (Å²) in [4.78, 5) is 39.2. The van der Waals surface area contributed by atoms with E-state index in [1.54, 1.807) is 6.20 Å². The van der Waals surface area contributed by atoms with Crippen molar-refractivity contribution in [1.82, 2.24) is 10.2 Å². The fourth-order valence-corrected chi connectivity index (χ4v) is 2.18. The van der Waals surface area contributed by atoms with Gasteiger partial charge in [0.05, 0.1) is 60.2 Å². The number of non-ortho nitro benzene ring substituents is 1. The molecule has 0 unspecified atom stereocenters. The Hall–Kier alpha value is -4.27. The average Bonchev–Trinajstić information content (AvgIpc) is 2.72. The molecule has 178 valence electrons. The van der Waals surface area contributed by atoms with E-state index in [1.165, 1.54) is 0 Å². The van der Waals surface area contributed by atoms with Gasteiger partial charge < -0.3 is 14.3 Å². The molecule has 0 saturated heterocycles. The maximum Gasteiger partial charge on any atom is 0.324 e. The molecule has 0 saturated carbocycles. The summed E-state index contributed by atoms with van der Waals surface area (Å²) in [5.74, 6) is -1.38. The van der Waals surface area contributed by atoms with Crippen molar-refractivity contribution < 1.29 is 33.9 Å². The topological polar surface area (TPSA) is 202 Å². The van der Waals surface area contributed by atoms with Crippen molar-refractivity contribution in [2.24, 2.45) is 0 Å². The first-order chi connectivity index (χ1) is 15.3. The van der Waals surface area contributed by atoms with Crippen molar-refractivity contribution in [3.8, 4) is 5.75 Å². The minimum Gasteiger partial charge on any atom is -0.497 e. The lowest BCUT2D eigenvalue weighted by Gasteiger charge is -2.23. The van der Waals surface area contributed by atoms with E-state index in [1.807, 2.05) is 12.1 Å². The predicted octanol–water partition coefficient (Wildman–Crippen LogP) is 1.78. The van der Waals surface area contributed by atoms with Crippen LogP contribution in [0.4, 0.5) is 17.1 Å². The van der Waals surface area contributed by atoms with Crippen LogP contribution < -0.4 is 0 Å². The summed E-state index contributed by atoms with van der Waals surface area (Å²) in [5.41, 5.74) is -2.19. The molecule has 1 aromatic heterocycles. The molecular formula is C18H23N6O9+. The standard InChI is InChI=1S/C12H20N3O2.C6H3N3O7/c1-15(2,3)9-10-17-12(16)7-6-11-5-4-8-13-14-11;10-6-4(8(13)14)1-3(7(11)12)2-5(6)9(15)16/h4-5,8H,6-7,9-10H2,1-3H3;1-2,10H/q+1;. The highest BCUT2D eigenvalue weighted by Gasteiger charge is 2.30. The summed E-state index contributed by atoms with van der Waals surface area (Å²) in [7, 11) is 6.19. The maximum absolute atomic E-state index is 11.4. The number of carbonyl (C=O) groups is 1. The van der Waals surface area contributed by atoms with Crippen LogP contribution in [-0.4, -0.2) is 74.8 Å². The summed E-state index contributed by atoms with van der Waals surface area (Å²) < 4.78 is 5.93. The fraction of sp³-hybridized carbons (Fsp3) is 0.389. The third-order valence-corrected chi connectivity index (χ3v) is 3.90. The number of aryl methyl sites for hydroxylation is 1. The van der Waals surface area contributed by atoms with Crippen LogP contribution in [0.15, 0.2) is 30.5 Å². The second-order valence-corrected chi connectivity index (χ2v) is 7.55. The summed E-state index contributed by atoms with van der Waals surface area (Å²) in [6, 6.07) is 4.56. The van der Waals surface area contributed by atoms with Crippen LogP contribution in [0.25, 0.3) is 0 Å². The third kappa shape index (κ3) is 9.60. The number of hydrogen-bond acceptors (Lipinski definition) is 11. The predicted molar refractivity (Wildman–Crippen MR) is 112 cm³/mol. The van der Waals surface area contributed by atoms with E-state index in [0.29, 0.717) is 31.6 Å². The zero-order valence-electron chi connectivity index (χ0n) is 18.1. The Labute approximate surface area is 187 Å². The molecule has 2 rings (SSSR count). The van der Waals surface area contributed by atoms with E-state index >= 15 is 0 Å². The molecule has 0 fully saturated rings. The van der Waals surface area contributed by atoms with Crippen molar-refractivity contribution in [2.45, 2.75) is 12.8 Å². The number of phenols is 1. The van der Waals surface area contributed by atoms with Gasteiger partial charge in [-0.25, -0.2) is 0 Å². The molecule has 33 heavy (non-hydrogen) atoms. The number of nitrogens with zero attached hydrogens (tertiary/aromatic N) is 6. The van der Waals surface area contributed by atoms with E-state index in [0.717, 1.165) is 16.7 Å². The molecule has 0 atom stereocenters. The van der Waals surface area contributed by atoms with E-state index in [-0.39, 0.29) is 5.97 Å². The highest BCUT2D eigenvalue weighted by Crippen LogP contribution is 2.38. The van der Waals surface area contributed by atoms with Gasteiger partial charge in [0.15, 0.2) is 0 Å². The molecule has 0 radical (unpaired) electrons. The van der Waals surface area contributed by atoms with Gasteiger partial charge >= 0.3 is 17.3 Å². The monoisotopic (exact) mass is 467 g/mol. The number of rotatable bonds is 9. The second kappa shape index (κ2) is 11.9. The van der Waals surface area contributed by atoms with Crippen LogP contribution in [0.2, 0.25) is 0 Å². The minimum atomic E-state index is -1.21. The molecule has 0 amide bonds. The van der Waals surface area contributed by atoms with Gasteiger partial charge in [0.25, 0.3) is 11.4 Å². The summed E-state index contributed by atoms with van der Waals surface area (Å²) in [6.45, 7) is 1.28. The molecule has 15 heteroatoms. The quantitative estimate of drug-likeness (QED) is 0.244. The van der Waals surface area contributed by atoms with Crippen LogP contribution in [0, 0.1) is 30.3 Å². The third-order valence-electron chi connectivity index (χ3n) is 3.90. The van der Waals surface area contributed by atoms with Crippen molar-refractivity contribution in [2.75, 3.05) is 34.3 Å². The second-order valence-electron chi connectivity index (χ2n) is 7.55. The smallest absolute Gasteiger partial charge is 0.324 e. The molecule has 0 spiro atoms. The van der Waals surface area contributed by atoms with Crippen molar-refractivity contribution >= 4 is 23.0 Å². The van der Waals surface area contributed by atoms with Gasteiger partial charge in [0, 0.05) is 12.6 Å². The van der Waals surface area contributed by atoms with Crippen molar-refractivity contribution in [1.29, 1.82) is 0 Å². The van der Waals surface area contributed by atoms with Gasteiger partial charge in [0.1, 0.15) is 13.2 Å². The van der Waals surface area contributed by atoms with E-state index in [2.05, 4.69) is 31.3 Å². The number of carbonyl (C=O) groups excluding carboxylic acids is 1. The SMILES string of the molecule is C[N+](C)(C)CCOC(=O)CCc1cccnn1.O=[N+]([O-])c1cc([N+](=O)[O-])c(O)c([N+](=O)[O-])c1. The first-order valence-corrected chi connectivity index (χ1v) is 9.34. The number of nitro groups is 3. The fourth-order valence-electron chi connectivity index (χ4n) is 2.18. The summed E-state index contributed by atoms with van der Waals surface area (Å²) in [6.07, 6.45) is 2.55. The van der Waals surface area contributed by atoms with E-state index in [4.69, 9.17) is 9.84 Å². The number of aromatic nitrogens is 2. The number of esters is 1. The number of quaternary nitrogens is 1. The number of nitro benzene ring substituents is 3. The molecular weight excluding hydrogens is 444 g/mol. The Bertz CT molecular complexity index is 973. The van der Waals surface area contributed by atoms with Crippen LogP contribution >= 0.6 is 0 Å². The van der Waals surface area contributed by atoms with E-state index in [9.17, 15) is 35.1 Å². The lowest BCUT2D eigenvalue weighted by atomic mass is 10.2. The van der Waals surface area contributed by atoms with Crippen molar-refractivity contribution in [3.05, 3.63) is 66.5 Å². The first-order valence-electron chi connectivity index (χ1n) is 9.34. The molecule has 1 heterocycles. The Kier molecular flexibility index (Phi) is 9.69. The van der Waals surface area contributed by atoms with Gasteiger partial charge in [-0.15, -0.1) is 0 Å². The number of aromatic hydroxyl groups is 1. The molecule has 0 aliphatic carbocycles. The van der Waals surface area contributed by atoms with Gasteiger partial charge in [-0.1, -0.05) is 0 Å². The first kappa shape index (κ1) is 26.8. The molecule has 15 nitrogen and oxygen atoms in total. The number of ether oxygens (including phenoxy) is 1. The number of likely N-dealkylation sites (N-methyl/N-ethyl adjacent to an activating group) is 1. The zero-order valence-corrected chi connectivity index (χ0v) is 18.1. The highest BCUT2D eigenvalue weighted by molar-refractivity contribution is 5.69. The Morgan fingerprint density at radius 3 is 2.06 bits per heavy atom. The lowest BCUT2D eigenvalue weighted by Crippen LogP contribution is -2.38. The van der Waals surface area contributed by atoms with Crippen LogP contribution in [-0.2, 0) is 16.0 Å². The van der Waals surface area contributed by atoms with Crippen molar-refractivity contribution in [3.63, 3.8) is 0 Å². The molecule has 1 N–H and O–H groups in total. The number of benzene rings is 1. The molecule has 0 aliphatic heterocycles.